The highest BCUT2D eigenvalue weighted by atomic mass is 16.5. The molecule has 1 heterocycles. The van der Waals surface area contributed by atoms with Gasteiger partial charge < -0.3 is 9.84 Å². The standard InChI is InChI=1S/C8H12N2O2/c1-6(2)12-8-3-4-9-7(5-11)10-8/h3-4,6,11H,5H2,1-2H3. The van der Waals surface area contributed by atoms with Crippen LogP contribution in [0.2, 0.25) is 0 Å². The first-order valence-corrected chi connectivity index (χ1v) is 3.82. The van der Waals surface area contributed by atoms with Crippen LogP contribution in [0.3, 0.4) is 0 Å². The van der Waals surface area contributed by atoms with Crippen LogP contribution in [0.25, 0.3) is 0 Å². The highest BCUT2D eigenvalue weighted by molar-refractivity contribution is 5.08. The first kappa shape index (κ1) is 8.93. The maximum absolute atomic E-state index is 8.72. The SMILES string of the molecule is CC(C)Oc1ccnc(CO)n1. The van der Waals surface area contributed by atoms with Gasteiger partial charge in [0.25, 0.3) is 0 Å². The molecule has 0 spiro atoms. The van der Waals surface area contributed by atoms with Gasteiger partial charge in [0.15, 0.2) is 5.82 Å². The molecular formula is C8H12N2O2. The molecule has 0 aliphatic rings. The zero-order valence-corrected chi connectivity index (χ0v) is 7.19. The smallest absolute Gasteiger partial charge is 0.216 e. The van der Waals surface area contributed by atoms with E-state index in [4.69, 9.17) is 9.84 Å². The van der Waals surface area contributed by atoms with Crippen molar-refractivity contribution >= 4 is 0 Å². The van der Waals surface area contributed by atoms with Crippen LogP contribution in [-0.4, -0.2) is 21.2 Å². The van der Waals surface area contributed by atoms with E-state index in [0.717, 1.165) is 0 Å². The molecule has 0 saturated heterocycles. The fourth-order valence-electron chi connectivity index (χ4n) is 0.764. The molecular weight excluding hydrogens is 156 g/mol. The van der Waals surface area contributed by atoms with Gasteiger partial charge >= 0.3 is 0 Å². The summed E-state index contributed by atoms with van der Waals surface area (Å²) < 4.78 is 5.29. The van der Waals surface area contributed by atoms with Gasteiger partial charge in [-0.2, -0.15) is 4.98 Å². The summed E-state index contributed by atoms with van der Waals surface area (Å²) >= 11 is 0. The van der Waals surface area contributed by atoms with E-state index in [-0.39, 0.29) is 12.7 Å². The molecule has 0 aliphatic heterocycles. The van der Waals surface area contributed by atoms with Gasteiger partial charge in [-0.3, -0.25) is 0 Å². The van der Waals surface area contributed by atoms with Gasteiger partial charge in [-0.15, -0.1) is 0 Å². The van der Waals surface area contributed by atoms with Crippen LogP contribution in [0.4, 0.5) is 0 Å². The van der Waals surface area contributed by atoms with E-state index in [9.17, 15) is 0 Å². The largest absolute Gasteiger partial charge is 0.475 e. The first-order chi connectivity index (χ1) is 5.72. The number of rotatable bonds is 3. The molecule has 0 aliphatic carbocycles. The van der Waals surface area contributed by atoms with Crippen LogP contribution in [0.15, 0.2) is 12.3 Å². The molecule has 0 aromatic carbocycles. The minimum absolute atomic E-state index is 0.0893. The molecule has 0 amide bonds. The molecule has 1 rings (SSSR count). The third kappa shape index (κ3) is 2.47. The van der Waals surface area contributed by atoms with Gasteiger partial charge in [-0.05, 0) is 13.8 Å². The Labute approximate surface area is 71.2 Å². The van der Waals surface area contributed by atoms with Crippen LogP contribution in [0, 0.1) is 0 Å². The van der Waals surface area contributed by atoms with Crippen molar-refractivity contribution in [2.75, 3.05) is 0 Å². The zero-order chi connectivity index (χ0) is 8.97. The minimum atomic E-state index is -0.157. The molecule has 4 heteroatoms. The Morgan fingerprint density at radius 2 is 2.33 bits per heavy atom. The van der Waals surface area contributed by atoms with E-state index in [1.807, 2.05) is 13.8 Å². The van der Waals surface area contributed by atoms with Gasteiger partial charge in [0.1, 0.15) is 6.61 Å². The maximum Gasteiger partial charge on any atom is 0.216 e. The summed E-state index contributed by atoms with van der Waals surface area (Å²) in [5.74, 6) is 0.886. The van der Waals surface area contributed by atoms with Crippen LogP contribution < -0.4 is 4.74 Å². The van der Waals surface area contributed by atoms with E-state index < -0.39 is 0 Å². The van der Waals surface area contributed by atoms with E-state index in [2.05, 4.69) is 9.97 Å². The number of aromatic nitrogens is 2. The van der Waals surface area contributed by atoms with E-state index in [1.165, 1.54) is 0 Å². The lowest BCUT2D eigenvalue weighted by molar-refractivity contribution is 0.225. The number of ether oxygens (including phenoxy) is 1. The van der Waals surface area contributed by atoms with Gasteiger partial charge in [0.2, 0.25) is 5.88 Å². The lowest BCUT2D eigenvalue weighted by Crippen LogP contribution is -2.08. The summed E-state index contributed by atoms with van der Waals surface area (Å²) in [6.45, 7) is 3.68. The highest BCUT2D eigenvalue weighted by Crippen LogP contribution is 2.06. The average molecular weight is 168 g/mol. The molecule has 0 radical (unpaired) electrons. The lowest BCUT2D eigenvalue weighted by Gasteiger charge is -2.07. The highest BCUT2D eigenvalue weighted by Gasteiger charge is 2.00. The number of aliphatic hydroxyl groups excluding tert-OH is 1. The molecule has 4 nitrogen and oxygen atoms in total. The number of nitrogens with zero attached hydrogens (tertiary/aromatic N) is 2. The number of hydrogen-bond acceptors (Lipinski definition) is 4. The first-order valence-electron chi connectivity index (χ1n) is 3.82. The molecule has 0 atom stereocenters. The second-order valence-corrected chi connectivity index (χ2v) is 2.64. The van der Waals surface area contributed by atoms with Crippen molar-refractivity contribution in [2.24, 2.45) is 0 Å². The summed E-state index contributed by atoms with van der Waals surface area (Å²) in [5, 5.41) is 8.72. The molecule has 1 aromatic rings. The van der Waals surface area contributed by atoms with Gasteiger partial charge in [-0.1, -0.05) is 0 Å². The Balaban J connectivity index is 2.72. The van der Waals surface area contributed by atoms with Crippen molar-refractivity contribution in [3.63, 3.8) is 0 Å². The van der Waals surface area contributed by atoms with Crippen LogP contribution >= 0.6 is 0 Å². The second-order valence-electron chi connectivity index (χ2n) is 2.64. The monoisotopic (exact) mass is 168 g/mol. The van der Waals surface area contributed by atoms with Crippen molar-refractivity contribution in [1.29, 1.82) is 0 Å². The number of hydrogen-bond donors (Lipinski definition) is 1. The van der Waals surface area contributed by atoms with Crippen molar-refractivity contribution < 1.29 is 9.84 Å². The van der Waals surface area contributed by atoms with Gasteiger partial charge in [0.05, 0.1) is 6.10 Å². The molecule has 1 aromatic heterocycles. The lowest BCUT2D eigenvalue weighted by atomic mass is 10.5. The normalized spacial score (nSPS) is 10.3. The van der Waals surface area contributed by atoms with Crippen molar-refractivity contribution in [3.05, 3.63) is 18.1 Å². The van der Waals surface area contributed by atoms with Crippen LogP contribution in [-0.2, 0) is 6.61 Å². The quantitative estimate of drug-likeness (QED) is 0.723. The van der Waals surface area contributed by atoms with E-state index >= 15 is 0 Å². The number of aliphatic hydroxyl groups is 1. The zero-order valence-electron chi connectivity index (χ0n) is 7.19. The van der Waals surface area contributed by atoms with Crippen molar-refractivity contribution in [2.45, 2.75) is 26.6 Å². The molecule has 1 N–H and O–H groups in total. The Morgan fingerprint density at radius 1 is 1.58 bits per heavy atom. The second kappa shape index (κ2) is 4.01. The van der Waals surface area contributed by atoms with Gasteiger partial charge in [0, 0.05) is 12.3 Å². The topological polar surface area (TPSA) is 55.2 Å². The summed E-state index contributed by atoms with van der Waals surface area (Å²) in [4.78, 5) is 7.77. The Bertz CT molecular complexity index is 251. The third-order valence-electron chi connectivity index (χ3n) is 1.18. The van der Waals surface area contributed by atoms with E-state index in [1.54, 1.807) is 12.3 Å². The molecule has 0 unspecified atom stereocenters. The Kier molecular flexibility index (Phi) is 2.99. The van der Waals surface area contributed by atoms with E-state index in [0.29, 0.717) is 11.7 Å². The fraction of sp³-hybridized carbons (Fsp3) is 0.500. The minimum Gasteiger partial charge on any atom is -0.475 e. The van der Waals surface area contributed by atoms with Crippen LogP contribution in [0.5, 0.6) is 5.88 Å². The fourth-order valence-corrected chi connectivity index (χ4v) is 0.764. The Morgan fingerprint density at radius 3 is 2.92 bits per heavy atom. The maximum atomic E-state index is 8.72. The third-order valence-corrected chi connectivity index (χ3v) is 1.18. The van der Waals surface area contributed by atoms with Gasteiger partial charge in [-0.25, -0.2) is 4.98 Å². The summed E-state index contributed by atoms with van der Waals surface area (Å²) in [6, 6.07) is 1.67. The Hall–Kier alpha value is -1.16. The van der Waals surface area contributed by atoms with Crippen molar-refractivity contribution in [1.82, 2.24) is 9.97 Å². The molecule has 0 saturated carbocycles. The summed E-state index contributed by atoms with van der Waals surface area (Å²) in [5.41, 5.74) is 0. The molecule has 66 valence electrons. The summed E-state index contributed by atoms with van der Waals surface area (Å²) in [7, 11) is 0. The predicted octanol–water partition coefficient (Wildman–Crippen LogP) is 0.756. The average Bonchev–Trinajstić information content (AvgIpc) is 2.03. The molecule has 0 bridgehead atoms. The predicted molar refractivity (Wildman–Crippen MR) is 43.7 cm³/mol. The molecule has 0 fully saturated rings. The van der Waals surface area contributed by atoms with Crippen LogP contribution in [0.1, 0.15) is 19.7 Å². The molecule has 12 heavy (non-hydrogen) atoms. The summed E-state index contributed by atoms with van der Waals surface area (Å²) in [6.07, 6.45) is 1.66. The van der Waals surface area contributed by atoms with Crippen molar-refractivity contribution in [3.8, 4) is 5.88 Å².